The summed E-state index contributed by atoms with van der Waals surface area (Å²) >= 11 is 1.68. The zero-order valence-corrected chi connectivity index (χ0v) is 19.3. The van der Waals surface area contributed by atoms with E-state index in [9.17, 15) is 14.0 Å². The highest BCUT2D eigenvalue weighted by Gasteiger charge is 2.33. The summed E-state index contributed by atoms with van der Waals surface area (Å²) in [7, 11) is 0. The molecule has 0 aliphatic carbocycles. The maximum absolute atomic E-state index is 13.6. The highest BCUT2D eigenvalue weighted by atomic mass is 32.1. The Hall–Kier alpha value is -3.25. The van der Waals surface area contributed by atoms with Crippen LogP contribution in [-0.4, -0.2) is 41.2 Å². The molecular formula is C27H27FN2O2S. The van der Waals surface area contributed by atoms with Gasteiger partial charge in [0.25, 0.3) is 0 Å². The fourth-order valence-electron chi connectivity index (χ4n) is 4.31. The van der Waals surface area contributed by atoms with E-state index < -0.39 is 0 Å². The third-order valence-electron chi connectivity index (χ3n) is 5.97. The van der Waals surface area contributed by atoms with Crippen LogP contribution in [0.5, 0.6) is 0 Å². The molecule has 0 bridgehead atoms. The minimum atomic E-state index is -0.306. The summed E-state index contributed by atoms with van der Waals surface area (Å²) in [4.78, 5) is 31.1. The van der Waals surface area contributed by atoms with E-state index in [2.05, 4.69) is 6.58 Å². The van der Waals surface area contributed by atoms with Gasteiger partial charge in [0.05, 0.1) is 6.04 Å². The molecule has 0 fully saturated rings. The molecule has 3 aromatic rings. The predicted molar refractivity (Wildman–Crippen MR) is 130 cm³/mol. The average Bonchev–Trinajstić information content (AvgIpc) is 3.32. The van der Waals surface area contributed by atoms with E-state index in [1.807, 2.05) is 46.7 Å². The lowest BCUT2D eigenvalue weighted by Gasteiger charge is -2.37. The van der Waals surface area contributed by atoms with Gasteiger partial charge in [0.15, 0.2) is 0 Å². The van der Waals surface area contributed by atoms with Crippen molar-refractivity contribution in [1.29, 1.82) is 0 Å². The fraction of sp³-hybridized carbons (Fsp3) is 0.259. The van der Waals surface area contributed by atoms with Crippen molar-refractivity contribution in [3.05, 3.63) is 106 Å². The summed E-state index contributed by atoms with van der Waals surface area (Å²) in [6.07, 6.45) is 3.39. The average molecular weight is 463 g/mol. The second-order valence-electron chi connectivity index (χ2n) is 8.14. The number of benzene rings is 2. The first-order valence-electron chi connectivity index (χ1n) is 11.1. The van der Waals surface area contributed by atoms with Crippen molar-refractivity contribution in [1.82, 2.24) is 9.80 Å². The SMILES string of the molecule is C=CCN(CC(=O)N1CCc2sccc2C1c1ccc(F)cc1)C(=O)CCc1ccccc1. The fourth-order valence-corrected chi connectivity index (χ4v) is 5.21. The molecule has 1 atom stereocenters. The number of halogens is 1. The van der Waals surface area contributed by atoms with Gasteiger partial charge in [-0.25, -0.2) is 4.39 Å². The number of amides is 2. The first-order valence-corrected chi connectivity index (χ1v) is 12.0. The maximum Gasteiger partial charge on any atom is 0.243 e. The Labute approximate surface area is 198 Å². The van der Waals surface area contributed by atoms with Gasteiger partial charge >= 0.3 is 0 Å². The number of hydrogen-bond donors (Lipinski definition) is 0. The summed E-state index contributed by atoms with van der Waals surface area (Å²) in [5.41, 5.74) is 3.04. The molecule has 0 N–H and O–H groups in total. The smallest absolute Gasteiger partial charge is 0.243 e. The van der Waals surface area contributed by atoms with Gasteiger partial charge in [-0.1, -0.05) is 48.5 Å². The molecule has 0 saturated carbocycles. The molecule has 1 aromatic heterocycles. The van der Waals surface area contributed by atoms with Crippen LogP contribution in [0.15, 0.2) is 78.7 Å². The van der Waals surface area contributed by atoms with Crippen molar-refractivity contribution in [3.63, 3.8) is 0 Å². The van der Waals surface area contributed by atoms with Crippen molar-refractivity contribution in [2.45, 2.75) is 25.3 Å². The Bertz CT molecular complexity index is 1110. The van der Waals surface area contributed by atoms with E-state index in [-0.39, 0.29) is 30.2 Å². The van der Waals surface area contributed by atoms with Crippen molar-refractivity contribution in [2.75, 3.05) is 19.6 Å². The van der Waals surface area contributed by atoms with Crippen LogP contribution in [0, 0.1) is 5.82 Å². The van der Waals surface area contributed by atoms with Gasteiger partial charge in [-0.15, -0.1) is 17.9 Å². The molecule has 2 amide bonds. The van der Waals surface area contributed by atoms with Crippen LogP contribution in [0.25, 0.3) is 0 Å². The Balaban J connectivity index is 1.51. The molecule has 2 aromatic carbocycles. The van der Waals surface area contributed by atoms with Gasteiger partial charge in [0.1, 0.15) is 12.4 Å². The van der Waals surface area contributed by atoms with Gasteiger partial charge in [0, 0.05) is 24.4 Å². The predicted octanol–water partition coefficient (Wildman–Crippen LogP) is 5.01. The van der Waals surface area contributed by atoms with Crippen LogP contribution in [0.2, 0.25) is 0 Å². The normalized spacial score (nSPS) is 15.1. The Morgan fingerprint density at radius 2 is 1.88 bits per heavy atom. The van der Waals surface area contributed by atoms with Crippen LogP contribution in [0.4, 0.5) is 4.39 Å². The molecule has 170 valence electrons. The first kappa shape index (κ1) is 22.9. The quantitative estimate of drug-likeness (QED) is 0.442. The lowest BCUT2D eigenvalue weighted by Crippen LogP contribution is -2.46. The lowest BCUT2D eigenvalue weighted by molar-refractivity contribution is -0.141. The zero-order chi connectivity index (χ0) is 23.2. The minimum Gasteiger partial charge on any atom is -0.330 e. The molecule has 6 heteroatoms. The lowest BCUT2D eigenvalue weighted by atomic mass is 9.93. The molecule has 4 nitrogen and oxygen atoms in total. The summed E-state index contributed by atoms with van der Waals surface area (Å²) in [5, 5.41) is 2.03. The summed E-state index contributed by atoms with van der Waals surface area (Å²) in [6, 6.07) is 17.9. The molecule has 0 saturated heterocycles. The second kappa shape index (κ2) is 10.6. The van der Waals surface area contributed by atoms with Gasteiger partial charge in [-0.05, 0) is 53.1 Å². The highest BCUT2D eigenvalue weighted by molar-refractivity contribution is 7.10. The van der Waals surface area contributed by atoms with Gasteiger partial charge < -0.3 is 9.80 Å². The molecule has 4 rings (SSSR count). The largest absolute Gasteiger partial charge is 0.330 e. The number of carbonyl (C=O) groups is 2. The van der Waals surface area contributed by atoms with Crippen LogP contribution < -0.4 is 0 Å². The Morgan fingerprint density at radius 1 is 1.12 bits per heavy atom. The topological polar surface area (TPSA) is 40.6 Å². The standard InChI is InChI=1S/C27H27FN2O2S/c1-2-16-29(25(31)13-8-20-6-4-3-5-7-20)19-26(32)30-17-14-24-23(15-18-33-24)27(30)21-9-11-22(28)12-10-21/h2-7,9-12,15,18,27H,1,8,13-14,16-17,19H2. The van der Waals surface area contributed by atoms with Crippen LogP contribution in [0.3, 0.4) is 0 Å². The molecule has 0 radical (unpaired) electrons. The number of hydrogen-bond acceptors (Lipinski definition) is 3. The van der Waals surface area contributed by atoms with Crippen molar-refractivity contribution >= 4 is 23.2 Å². The van der Waals surface area contributed by atoms with Gasteiger partial charge in [-0.3, -0.25) is 9.59 Å². The number of rotatable bonds is 8. The van der Waals surface area contributed by atoms with Gasteiger partial charge in [-0.2, -0.15) is 0 Å². The number of carbonyl (C=O) groups excluding carboxylic acids is 2. The van der Waals surface area contributed by atoms with Crippen molar-refractivity contribution in [2.24, 2.45) is 0 Å². The van der Waals surface area contributed by atoms with Crippen LogP contribution in [0.1, 0.15) is 34.0 Å². The number of thiophene rings is 1. The number of nitrogens with zero attached hydrogens (tertiary/aromatic N) is 2. The third-order valence-corrected chi connectivity index (χ3v) is 6.97. The maximum atomic E-state index is 13.6. The monoisotopic (exact) mass is 462 g/mol. The third kappa shape index (κ3) is 5.40. The summed E-state index contributed by atoms with van der Waals surface area (Å²) < 4.78 is 13.6. The van der Waals surface area contributed by atoms with E-state index in [1.165, 1.54) is 17.0 Å². The molecule has 33 heavy (non-hydrogen) atoms. The van der Waals surface area contributed by atoms with Crippen LogP contribution >= 0.6 is 11.3 Å². The zero-order valence-electron chi connectivity index (χ0n) is 18.5. The highest BCUT2D eigenvalue weighted by Crippen LogP contribution is 2.37. The van der Waals surface area contributed by atoms with E-state index in [1.54, 1.807) is 34.4 Å². The van der Waals surface area contributed by atoms with E-state index in [0.29, 0.717) is 25.9 Å². The Morgan fingerprint density at radius 3 is 2.61 bits per heavy atom. The molecule has 1 aliphatic heterocycles. The summed E-state index contributed by atoms with van der Waals surface area (Å²) in [5.74, 6) is -0.492. The summed E-state index contributed by atoms with van der Waals surface area (Å²) in [6.45, 7) is 4.64. The molecule has 2 heterocycles. The number of aryl methyl sites for hydroxylation is 1. The molecule has 1 unspecified atom stereocenters. The number of fused-ring (bicyclic) bond motifs is 1. The minimum absolute atomic E-state index is 0.00317. The van der Waals surface area contributed by atoms with E-state index in [0.717, 1.165) is 23.1 Å². The molecular weight excluding hydrogens is 435 g/mol. The Kier molecular flexibility index (Phi) is 7.35. The molecule has 1 aliphatic rings. The van der Waals surface area contributed by atoms with Crippen molar-refractivity contribution < 1.29 is 14.0 Å². The van der Waals surface area contributed by atoms with E-state index >= 15 is 0 Å². The second-order valence-corrected chi connectivity index (χ2v) is 9.14. The van der Waals surface area contributed by atoms with Crippen LogP contribution in [-0.2, 0) is 22.4 Å². The van der Waals surface area contributed by atoms with Gasteiger partial charge in [0.2, 0.25) is 11.8 Å². The molecule has 0 spiro atoms. The first-order chi connectivity index (χ1) is 16.1. The van der Waals surface area contributed by atoms with Crippen molar-refractivity contribution in [3.8, 4) is 0 Å². The van der Waals surface area contributed by atoms with E-state index in [4.69, 9.17) is 0 Å².